The molecule has 0 aliphatic heterocycles. The van der Waals surface area contributed by atoms with Crippen LogP contribution in [0, 0.1) is 0 Å². The molecule has 3 aromatic rings. The van der Waals surface area contributed by atoms with Crippen LogP contribution in [0.25, 0.3) is 11.1 Å². The van der Waals surface area contributed by atoms with Gasteiger partial charge in [0.05, 0.1) is 5.69 Å². The van der Waals surface area contributed by atoms with Crippen molar-refractivity contribution in [2.24, 2.45) is 0 Å². The number of fused-ring (bicyclic) bond motifs is 3. The topological polar surface area (TPSA) is 59.2 Å². The molecule has 0 saturated heterocycles. The summed E-state index contributed by atoms with van der Waals surface area (Å²) in [6.07, 6.45) is 2.81. The number of Topliss-reactive ketones (excluding diaryl/α,β-unsaturated/α-hetero) is 1. The molecule has 136 valence electrons. The van der Waals surface area contributed by atoms with E-state index in [-0.39, 0.29) is 24.1 Å². The first-order chi connectivity index (χ1) is 13.2. The number of ether oxygens (including phenoxy) is 1. The summed E-state index contributed by atoms with van der Waals surface area (Å²) in [5, 5.41) is 0. The number of aromatic nitrogens is 1. The summed E-state index contributed by atoms with van der Waals surface area (Å²) < 4.78 is 5.55. The molecule has 1 N–H and O–H groups in total. The second-order valence-electron chi connectivity index (χ2n) is 6.77. The van der Waals surface area contributed by atoms with Gasteiger partial charge in [-0.25, -0.2) is 0 Å². The van der Waals surface area contributed by atoms with Crippen LogP contribution in [0.3, 0.4) is 0 Å². The number of carbonyl (C=O) groups excluding carboxylic acids is 2. The maximum Gasteiger partial charge on any atom is 0.305 e. The van der Waals surface area contributed by atoms with E-state index >= 15 is 0 Å². The summed E-state index contributed by atoms with van der Waals surface area (Å²) >= 11 is 0. The van der Waals surface area contributed by atoms with Crippen LogP contribution < -0.4 is 0 Å². The van der Waals surface area contributed by atoms with Gasteiger partial charge in [-0.3, -0.25) is 9.59 Å². The number of hydrogen-bond donors (Lipinski definition) is 1. The van der Waals surface area contributed by atoms with Crippen LogP contribution in [0.4, 0.5) is 0 Å². The van der Waals surface area contributed by atoms with Crippen molar-refractivity contribution in [2.45, 2.75) is 25.2 Å². The van der Waals surface area contributed by atoms with Crippen LogP contribution in [0.15, 0.2) is 66.9 Å². The van der Waals surface area contributed by atoms with E-state index in [4.69, 9.17) is 4.74 Å². The summed E-state index contributed by atoms with van der Waals surface area (Å²) in [5.41, 5.74) is 5.42. The Kier molecular flexibility index (Phi) is 4.88. The van der Waals surface area contributed by atoms with E-state index in [1.165, 1.54) is 22.3 Å². The van der Waals surface area contributed by atoms with Crippen molar-refractivity contribution >= 4 is 11.8 Å². The van der Waals surface area contributed by atoms with Crippen molar-refractivity contribution in [3.05, 3.63) is 83.7 Å². The van der Waals surface area contributed by atoms with Gasteiger partial charge in [0.25, 0.3) is 0 Å². The maximum absolute atomic E-state index is 12.2. The predicted octanol–water partition coefficient (Wildman–Crippen LogP) is 4.72. The zero-order valence-corrected chi connectivity index (χ0v) is 15.0. The van der Waals surface area contributed by atoms with Gasteiger partial charge < -0.3 is 9.72 Å². The van der Waals surface area contributed by atoms with Gasteiger partial charge in [-0.1, -0.05) is 48.5 Å². The Balaban J connectivity index is 1.33. The first-order valence-corrected chi connectivity index (χ1v) is 9.24. The van der Waals surface area contributed by atoms with Crippen molar-refractivity contribution < 1.29 is 14.3 Å². The third-order valence-electron chi connectivity index (χ3n) is 5.06. The molecule has 1 aromatic heterocycles. The van der Waals surface area contributed by atoms with Gasteiger partial charge in [-0.05, 0) is 40.8 Å². The minimum atomic E-state index is -0.254. The van der Waals surface area contributed by atoms with E-state index in [0.717, 1.165) is 0 Å². The number of ketones is 1. The van der Waals surface area contributed by atoms with Gasteiger partial charge in [-0.15, -0.1) is 0 Å². The van der Waals surface area contributed by atoms with E-state index < -0.39 is 0 Å². The summed E-state index contributed by atoms with van der Waals surface area (Å²) in [6, 6.07) is 20.1. The number of nitrogens with one attached hydrogen (secondary N) is 1. The molecule has 0 spiro atoms. The molecule has 0 saturated carbocycles. The molecular formula is C23H21NO3. The average molecular weight is 359 g/mol. The van der Waals surface area contributed by atoms with E-state index in [1.807, 2.05) is 24.3 Å². The van der Waals surface area contributed by atoms with Crippen LogP contribution in [-0.2, 0) is 9.53 Å². The lowest BCUT2D eigenvalue weighted by molar-refractivity contribution is -0.144. The Bertz CT molecular complexity index is 914. The van der Waals surface area contributed by atoms with Gasteiger partial charge in [0.2, 0.25) is 0 Å². The minimum absolute atomic E-state index is 0.0199. The molecule has 27 heavy (non-hydrogen) atoms. The van der Waals surface area contributed by atoms with E-state index in [9.17, 15) is 9.59 Å². The number of hydrogen-bond acceptors (Lipinski definition) is 3. The van der Waals surface area contributed by atoms with E-state index in [1.54, 1.807) is 18.3 Å². The lowest BCUT2D eigenvalue weighted by atomic mass is 9.98. The Labute approximate surface area is 158 Å². The van der Waals surface area contributed by atoms with Crippen molar-refractivity contribution in [3.8, 4) is 11.1 Å². The minimum Gasteiger partial charge on any atom is -0.465 e. The molecule has 4 nitrogen and oxygen atoms in total. The Morgan fingerprint density at radius 2 is 1.52 bits per heavy atom. The summed E-state index contributed by atoms with van der Waals surface area (Å²) in [5.74, 6) is -0.163. The second-order valence-corrected chi connectivity index (χ2v) is 6.77. The maximum atomic E-state index is 12.2. The molecule has 0 bridgehead atoms. The summed E-state index contributed by atoms with van der Waals surface area (Å²) in [6.45, 7) is 0.331. The fourth-order valence-corrected chi connectivity index (χ4v) is 3.72. The first kappa shape index (κ1) is 17.3. The highest BCUT2D eigenvalue weighted by molar-refractivity contribution is 5.94. The standard InChI is InChI=1S/C23H21NO3/c25-22(21-11-6-14-24-21)12-5-13-23(26)27-15-20-18-9-3-1-7-16(18)17-8-2-4-10-19(17)20/h1-4,6-11,14,20,24H,5,12-13,15H2. The SMILES string of the molecule is O=C(CCCC(=O)c1ccc[nH]1)OCC1c2ccccc2-c2ccccc21. The fourth-order valence-electron chi connectivity index (χ4n) is 3.72. The van der Waals surface area contributed by atoms with Gasteiger partial charge in [-0.2, -0.15) is 0 Å². The van der Waals surface area contributed by atoms with E-state index in [2.05, 4.69) is 29.2 Å². The molecule has 2 aromatic carbocycles. The van der Waals surface area contributed by atoms with Crippen LogP contribution in [-0.4, -0.2) is 23.3 Å². The van der Waals surface area contributed by atoms with Gasteiger partial charge >= 0.3 is 5.97 Å². The normalized spacial score (nSPS) is 12.4. The molecule has 4 heteroatoms. The number of benzene rings is 2. The number of esters is 1. The molecule has 0 amide bonds. The van der Waals surface area contributed by atoms with Crippen molar-refractivity contribution in [2.75, 3.05) is 6.61 Å². The zero-order chi connectivity index (χ0) is 18.6. The smallest absolute Gasteiger partial charge is 0.305 e. The second kappa shape index (κ2) is 7.62. The third kappa shape index (κ3) is 3.56. The molecule has 1 aliphatic rings. The van der Waals surface area contributed by atoms with Crippen molar-refractivity contribution in [3.63, 3.8) is 0 Å². The molecule has 0 radical (unpaired) electrons. The lowest BCUT2D eigenvalue weighted by Gasteiger charge is -2.14. The van der Waals surface area contributed by atoms with Gasteiger partial charge in [0.1, 0.15) is 6.61 Å². The number of aromatic amines is 1. The molecule has 0 unspecified atom stereocenters. The Morgan fingerprint density at radius 3 is 2.15 bits per heavy atom. The van der Waals surface area contributed by atoms with Gasteiger partial charge in [0, 0.05) is 25.0 Å². The molecule has 4 rings (SSSR count). The quantitative estimate of drug-likeness (QED) is 0.490. The van der Waals surface area contributed by atoms with Crippen molar-refractivity contribution in [1.82, 2.24) is 4.98 Å². The fraction of sp³-hybridized carbons (Fsp3) is 0.217. The highest BCUT2D eigenvalue weighted by Crippen LogP contribution is 2.44. The summed E-state index contributed by atoms with van der Waals surface area (Å²) in [7, 11) is 0. The van der Waals surface area contributed by atoms with Crippen LogP contribution in [0.2, 0.25) is 0 Å². The monoisotopic (exact) mass is 359 g/mol. The highest BCUT2D eigenvalue weighted by atomic mass is 16.5. The van der Waals surface area contributed by atoms with Crippen LogP contribution in [0.5, 0.6) is 0 Å². The zero-order valence-electron chi connectivity index (χ0n) is 15.0. The van der Waals surface area contributed by atoms with Crippen LogP contribution in [0.1, 0.15) is 46.8 Å². The number of H-pyrrole nitrogens is 1. The molecule has 1 aliphatic carbocycles. The predicted molar refractivity (Wildman–Crippen MR) is 104 cm³/mol. The molecular weight excluding hydrogens is 338 g/mol. The lowest BCUT2D eigenvalue weighted by Crippen LogP contribution is -2.12. The first-order valence-electron chi connectivity index (χ1n) is 9.24. The third-order valence-corrected chi connectivity index (χ3v) is 5.06. The highest BCUT2D eigenvalue weighted by Gasteiger charge is 2.28. The molecule has 1 heterocycles. The Morgan fingerprint density at radius 1 is 0.852 bits per heavy atom. The van der Waals surface area contributed by atoms with Crippen molar-refractivity contribution in [1.29, 1.82) is 0 Å². The molecule has 0 atom stereocenters. The average Bonchev–Trinajstić information content (AvgIpc) is 3.33. The molecule has 0 fully saturated rings. The largest absolute Gasteiger partial charge is 0.465 e. The number of rotatable bonds is 7. The summed E-state index contributed by atoms with van der Waals surface area (Å²) in [4.78, 5) is 27.0. The van der Waals surface area contributed by atoms with Crippen LogP contribution >= 0.6 is 0 Å². The number of carbonyl (C=O) groups is 2. The van der Waals surface area contributed by atoms with Gasteiger partial charge in [0.15, 0.2) is 5.78 Å². The Hall–Kier alpha value is -3.14. The van der Waals surface area contributed by atoms with E-state index in [0.29, 0.717) is 25.1 Å².